The number of ether oxygens (including phenoxy) is 2. The summed E-state index contributed by atoms with van der Waals surface area (Å²) < 4.78 is 24.6. The number of nitrogens with two attached hydrogens (primary N) is 2. The van der Waals surface area contributed by atoms with E-state index in [1.807, 2.05) is 12.1 Å². The largest absolute Gasteiger partial charge is 0.492 e. The molecule has 22 heavy (non-hydrogen) atoms. The molecule has 0 saturated heterocycles. The molecule has 2 aliphatic heterocycles. The predicted molar refractivity (Wildman–Crippen MR) is 80.6 cm³/mol. The van der Waals surface area contributed by atoms with E-state index in [-0.39, 0.29) is 23.9 Å². The molecular formula is C16H14FN3O2. The van der Waals surface area contributed by atoms with Gasteiger partial charge < -0.3 is 20.9 Å². The van der Waals surface area contributed by atoms with Gasteiger partial charge in [0, 0.05) is 22.9 Å². The zero-order valence-electron chi connectivity index (χ0n) is 11.6. The zero-order valence-corrected chi connectivity index (χ0v) is 11.6. The van der Waals surface area contributed by atoms with Crippen LogP contribution >= 0.6 is 0 Å². The molecule has 2 unspecified atom stereocenters. The van der Waals surface area contributed by atoms with Crippen molar-refractivity contribution in [1.82, 2.24) is 0 Å². The summed E-state index contributed by atoms with van der Waals surface area (Å²) in [5.74, 6) is 0.125. The van der Waals surface area contributed by atoms with Crippen LogP contribution in [0.1, 0.15) is 23.1 Å². The molecule has 6 heteroatoms. The van der Waals surface area contributed by atoms with E-state index in [9.17, 15) is 4.39 Å². The summed E-state index contributed by atoms with van der Waals surface area (Å²) >= 11 is 0. The minimum Gasteiger partial charge on any atom is -0.492 e. The lowest BCUT2D eigenvalue weighted by Crippen LogP contribution is -2.27. The number of halogens is 1. The fraction of sp³-hybridized carbons (Fsp3) is 0.188. The lowest BCUT2D eigenvalue weighted by atomic mass is 9.89. The molecule has 112 valence electrons. The normalized spacial score (nSPS) is 22.1. The maximum atomic E-state index is 13.3. The molecule has 0 aliphatic carbocycles. The summed E-state index contributed by atoms with van der Waals surface area (Å²) in [7, 11) is 0. The van der Waals surface area contributed by atoms with E-state index >= 15 is 0 Å². The van der Waals surface area contributed by atoms with Crippen LogP contribution in [0.15, 0.2) is 41.4 Å². The van der Waals surface area contributed by atoms with E-state index in [4.69, 9.17) is 20.9 Å². The molecule has 4 rings (SSSR count). The van der Waals surface area contributed by atoms with E-state index < -0.39 is 0 Å². The van der Waals surface area contributed by atoms with E-state index in [2.05, 4.69) is 4.99 Å². The van der Waals surface area contributed by atoms with Crippen molar-refractivity contribution in [2.45, 2.75) is 12.0 Å². The second-order valence-corrected chi connectivity index (χ2v) is 5.41. The molecule has 5 nitrogen and oxygen atoms in total. The fourth-order valence-corrected chi connectivity index (χ4v) is 3.00. The Hall–Kier alpha value is -2.76. The number of rotatable bonds is 1. The summed E-state index contributed by atoms with van der Waals surface area (Å²) in [6.07, 6.45) is -0.359. The summed E-state index contributed by atoms with van der Waals surface area (Å²) in [6.45, 7) is 0.394. The van der Waals surface area contributed by atoms with Crippen LogP contribution in [-0.4, -0.2) is 12.6 Å². The van der Waals surface area contributed by atoms with Gasteiger partial charge >= 0.3 is 0 Å². The molecule has 0 bridgehead atoms. The third-order valence-corrected chi connectivity index (χ3v) is 4.00. The van der Waals surface area contributed by atoms with Crippen LogP contribution in [0, 0.1) is 5.82 Å². The van der Waals surface area contributed by atoms with Gasteiger partial charge in [-0.3, -0.25) is 0 Å². The Balaban J connectivity index is 1.79. The highest BCUT2D eigenvalue weighted by Crippen LogP contribution is 2.47. The van der Waals surface area contributed by atoms with Gasteiger partial charge in [0.1, 0.15) is 17.7 Å². The highest BCUT2D eigenvalue weighted by molar-refractivity contribution is 5.79. The third kappa shape index (κ3) is 1.95. The Kier molecular flexibility index (Phi) is 2.72. The van der Waals surface area contributed by atoms with E-state index in [0.29, 0.717) is 18.0 Å². The Morgan fingerprint density at radius 2 is 1.95 bits per heavy atom. The van der Waals surface area contributed by atoms with Crippen LogP contribution in [0.5, 0.6) is 5.75 Å². The first-order chi connectivity index (χ1) is 10.6. The van der Waals surface area contributed by atoms with Crippen molar-refractivity contribution in [2.75, 3.05) is 12.3 Å². The first-order valence-corrected chi connectivity index (χ1v) is 6.94. The first kappa shape index (κ1) is 12.9. The number of nitrogen functional groups attached to an aromatic ring is 1. The zero-order chi connectivity index (χ0) is 15.3. The number of fused-ring (bicyclic) bond motifs is 2. The molecular weight excluding hydrogens is 285 g/mol. The van der Waals surface area contributed by atoms with Crippen molar-refractivity contribution in [3.05, 3.63) is 53.3 Å². The highest BCUT2D eigenvalue weighted by Gasteiger charge is 2.37. The van der Waals surface area contributed by atoms with Crippen LogP contribution in [-0.2, 0) is 4.74 Å². The SMILES string of the molecule is NC1=Nc2ccc(N)cc2C(C2COc3cc(F)ccc32)O1. The van der Waals surface area contributed by atoms with Crippen molar-refractivity contribution in [1.29, 1.82) is 0 Å². The Bertz CT molecular complexity index is 791. The van der Waals surface area contributed by atoms with Crippen molar-refractivity contribution in [3.8, 4) is 5.75 Å². The average Bonchev–Trinajstić information content (AvgIpc) is 2.89. The van der Waals surface area contributed by atoms with Crippen LogP contribution in [0.25, 0.3) is 0 Å². The molecule has 4 N–H and O–H groups in total. The molecule has 2 aromatic rings. The van der Waals surface area contributed by atoms with Gasteiger partial charge in [0.25, 0.3) is 6.02 Å². The molecule has 0 fully saturated rings. The molecule has 0 spiro atoms. The van der Waals surface area contributed by atoms with Gasteiger partial charge in [-0.1, -0.05) is 6.07 Å². The second-order valence-electron chi connectivity index (χ2n) is 5.41. The molecule has 2 heterocycles. The minimum absolute atomic E-state index is 0.0924. The van der Waals surface area contributed by atoms with Gasteiger partial charge in [-0.15, -0.1) is 0 Å². The topological polar surface area (TPSA) is 82.9 Å². The average molecular weight is 299 g/mol. The van der Waals surface area contributed by atoms with Crippen molar-refractivity contribution in [3.63, 3.8) is 0 Å². The summed E-state index contributed by atoms with van der Waals surface area (Å²) in [5, 5.41) is 0. The van der Waals surface area contributed by atoms with Crippen LogP contribution in [0.3, 0.4) is 0 Å². The molecule has 0 radical (unpaired) electrons. The van der Waals surface area contributed by atoms with Crippen molar-refractivity contribution >= 4 is 17.4 Å². The van der Waals surface area contributed by atoms with E-state index in [1.165, 1.54) is 12.1 Å². The predicted octanol–water partition coefficient (Wildman–Crippen LogP) is 2.60. The van der Waals surface area contributed by atoms with Gasteiger partial charge in [-0.2, -0.15) is 4.99 Å². The number of amidine groups is 1. The number of benzene rings is 2. The number of anilines is 1. The van der Waals surface area contributed by atoms with Crippen LogP contribution in [0.2, 0.25) is 0 Å². The minimum atomic E-state index is -0.359. The second kappa shape index (κ2) is 4.62. The summed E-state index contributed by atoms with van der Waals surface area (Å²) in [5.41, 5.74) is 14.8. The first-order valence-electron chi connectivity index (χ1n) is 6.94. The molecule has 0 saturated carbocycles. The Morgan fingerprint density at radius 1 is 1.09 bits per heavy atom. The molecule has 2 aromatic carbocycles. The third-order valence-electron chi connectivity index (χ3n) is 4.00. The van der Waals surface area contributed by atoms with E-state index in [1.54, 1.807) is 12.1 Å². The number of nitrogens with zero attached hydrogens (tertiary/aromatic N) is 1. The van der Waals surface area contributed by atoms with Gasteiger partial charge in [0.15, 0.2) is 0 Å². The maximum Gasteiger partial charge on any atom is 0.287 e. The van der Waals surface area contributed by atoms with Gasteiger partial charge in [0.2, 0.25) is 0 Å². The van der Waals surface area contributed by atoms with Crippen LogP contribution in [0.4, 0.5) is 15.8 Å². The lowest BCUT2D eigenvalue weighted by Gasteiger charge is -2.28. The Morgan fingerprint density at radius 3 is 2.82 bits per heavy atom. The van der Waals surface area contributed by atoms with Gasteiger partial charge in [-0.25, -0.2) is 4.39 Å². The molecule has 0 amide bonds. The molecule has 0 aromatic heterocycles. The van der Waals surface area contributed by atoms with Gasteiger partial charge in [-0.05, 0) is 24.3 Å². The fourth-order valence-electron chi connectivity index (χ4n) is 3.00. The van der Waals surface area contributed by atoms with Crippen LogP contribution < -0.4 is 16.2 Å². The number of aliphatic imine (C=N–C) groups is 1. The maximum absolute atomic E-state index is 13.3. The molecule has 2 atom stereocenters. The standard InChI is InChI=1S/C16H14FN3O2/c17-8-1-3-10-12(7-21-14(10)5-8)15-11-6-9(18)2-4-13(11)20-16(19)22-15/h1-6,12,15H,7,18H2,(H2,19,20). The van der Waals surface area contributed by atoms with Crippen molar-refractivity contribution < 1.29 is 13.9 Å². The Labute approximate surface area is 126 Å². The van der Waals surface area contributed by atoms with E-state index in [0.717, 1.165) is 16.8 Å². The monoisotopic (exact) mass is 299 g/mol. The highest BCUT2D eigenvalue weighted by atomic mass is 19.1. The number of hydrogen-bond acceptors (Lipinski definition) is 5. The van der Waals surface area contributed by atoms with Gasteiger partial charge in [0.05, 0.1) is 18.2 Å². The van der Waals surface area contributed by atoms with Crippen molar-refractivity contribution in [2.24, 2.45) is 10.7 Å². The summed E-state index contributed by atoms with van der Waals surface area (Å²) in [6, 6.07) is 10.0. The summed E-state index contributed by atoms with van der Waals surface area (Å²) in [4.78, 5) is 4.19. The smallest absolute Gasteiger partial charge is 0.287 e. The number of hydrogen-bond donors (Lipinski definition) is 2. The lowest BCUT2D eigenvalue weighted by molar-refractivity contribution is 0.136. The molecule has 2 aliphatic rings. The quantitative estimate of drug-likeness (QED) is 0.793.